The molecule has 204 valence electrons. The van der Waals surface area contributed by atoms with Crippen molar-refractivity contribution in [3.05, 3.63) is 58.4 Å². The molecular formula is C29H43N3O5. The molecule has 0 N–H and O–H groups in total. The van der Waals surface area contributed by atoms with E-state index in [0.717, 1.165) is 25.3 Å². The number of rotatable bonds is 5. The van der Waals surface area contributed by atoms with E-state index < -0.39 is 0 Å². The average molecular weight is 514 g/mol. The molecule has 1 aromatic heterocycles. The molecule has 3 heterocycles. The van der Waals surface area contributed by atoms with Gasteiger partial charge in [0.05, 0.1) is 13.7 Å². The van der Waals surface area contributed by atoms with Crippen LogP contribution in [0.1, 0.15) is 47.1 Å². The van der Waals surface area contributed by atoms with Crippen LogP contribution in [0.2, 0.25) is 0 Å². The number of pyridine rings is 1. The second-order valence-corrected chi connectivity index (χ2v) is 9.24. The Morgan fingerprint density at radius 3 is 2.35 bits per heavy atom. The Hall–Kier alpha value is -3.10. The van der Waals surface area contributed by atoms with Crippen molar-refractivity contribution < 1.29 is 23.9 Å². The summed E-state index contributed by atoms with van der Waals surface area (Å²) in [6.07, 6.45) is 8.31. The normalized spacial score (nSPS) is 16.5. The molecule has 1 unspecified atom stereocenters. The number of hydrogen-bond donors (Lipinski definition) is 0. The molecule has 2 aromatic rings. The van der Waals surface area contributed by atoms with Gasteiger partial charge in [-0.1, -0.05) is 6.42 Å². The summed E-state index contributed by atoms with van der Waals surface area (Å²) in [5, 5.41) is 0. The van der Waals surface area contributed by atoms with Gasteiger partial charge in [-0.3, -0.25) is 9.78 Å². The van der Waals surface area contributed by atoms with Crippen LogP contribution in [0.3, 0.4) is 0 Å². The number of nitrogens with zero attached hydrogens (tertiary/aromatic N) is 3. The van der Waals surface area contributed by atoms with E-state index in [9.17, 15) is 4.79 Å². The van der Waals surface area contributed by atoms with Gasteiger partial charge < -0.3 is 28.9 Å². The van der Waals surface area contributed by atoms with Crippen molar-refractivity contribution in [2.45, 2.75) is 59.0 Å². The van der Waals surface area contributed by atoms with Gasteiger partial charge in [-0.05, 0) is 99.6 Å². The first kappa shape index (κ1) is 31.9. The van der Waals surface area contributed by atoms with E-state index >= 15 is 0 Å². The molecule has 4 rings (SSSR count). The quantitative estimate of drug-likeness (QED) is 0.602. The number of likely N-dealkylation sites (tertiary alicyclic amines) is 1. The third-order valence-corrected chi connectivity index (χ3v) is 6.96. The molecule has 1 atom stereocenters. The van der Waals surface area contributed by atoms with Crippen LogP contribution in [-0.4, -0.2) is 80.8 Å². The number of ether oxygens (including phenoxy) is 2. The summed E-state index contributed by atoms with van der Waals surface area (Å²) in [6.45, 7) is 13.8. The van der Waals surface area contributed by atoms with Crippen LogP contribution in [0, 0.1) is 20.8 Å². The summed E-state index contributed by atoms with van der Waals surface area (Å²) in [7, 11) is 3.84. The Bertz CT molecular complexity index is 943. The fourth-order valence-corrected chi connectivity index (χ4v) is 4.43. The fourth-order valence-electron chi connectivity index (χ4n) is 4.43. The predicted molar refractivity (Wildman–Crippen MR) is 146 cm³/mol. The van der Waals surface area contributed by atoms with Crippen molar-refractivity contribution in [3.63, 3.8) is 0 Å². The minimum absolute atomic E-state index is 0.0981. The lowest BCUT2D eigenvalue weighted by Gasteiger charge is -2.32. The van der Waals surface area contributed by atoms with Gasteiger partial charge in [0.25, 0.3) is 0 Å². The van der Waals surface area contributed by atoms with Crippen molar-refractivity contribution in [3.8, 4) is 5.75 Å². The van der Waals surface area contributed by atoms with Gasteiger partial charge in [-0.2, -0.15) is 0 Å². The molecule has 1 aromatic carbocycles. The zero-order valence-electron chi connectivity index (χ0n) is 23.1. The van der Waals surface area contributed by atoms with Crippen molar-refractivity contribution in [1.29, 1.82) is 0 Å². The summed E-state index contributed by atoms with van der Waals surface area (Å²) in [6, 6.07) is 6.59. The number of methoxy groups -OCH3 is 1. The van der Waals surface area contributed by atoms with Gasteiger partial charge in [0, 0.05) is 31.5 Å². The second-order valence-electron chi connectivity index (χ2n) is 9.24. The van der Waals surface area contributed by atoms with E-state index in [1.54, 1.807) is 13.3 Å². The Kier molecular flexibility index (Phi) is 15.0. The molecule has 1 amide bonds. The number of likely N-dealkylation sites (N-methyl/N-ethyl adjacent to an activating group) is 1. The van der Waals surface area contributed by atoms with Crippen LogP contribution in [-0.2, 0) is 32.1 Å². The number of amides is 1. The highest BCUT2D eigenvalue weighted by molar-refractivity contribution is 5.77. The van der Waals surface area contributed by atoms with Gasteiger partial charge in [0.15, 0.2) is 0 Å². The SMILES string of the molecule is C=O.C=O.CN1CCCCC1COCC(=O)N1CCc2cnccc2C1.COc1cc(C)c(C)c(C)c1. The van der Waals surface area contributed by atoms with Crippen LogP contribution in [0.15, 0.2) is 30.6 Å². The first-order valence-electron chi connectivity index (χ1n) is 12.6. The van der Waals surface area contributed by atoms with Crippen molar-refractivity contribution in [1.82, 2.24) is 14.8 Å². The minimum Gasteiger partial charge on any atom is -0.497 e. The largest absolute Gasteiger partial charge is 0.497 e. The molecule has 0 saturated carbocycles. The van der Waals surface area contributed by atoms with Crippen molar-refractivity contribution in [2.24, 2.45) is 0 Å². The van der Waals surface area contributed by atoms with Gasteiger partial charge in [0.2, 0.25) is 5.91 Å². The van der Waals surface area contributed by atoms with Gasteiger partial charge >= 0.3 is 0 Å². The third kappa shape index (κ3) is 10.1. The molecule has 1 saturated heterocycles. The zero-order chi connectivity index (χ0) is 27.8. The number of fused-ring (bicyclic) bond motifs is 1. The molecule has 0 radical (unpaired) electrons. The summed E-state index contributed by atoms with van der Waals surface area (Å²) in [4.78, 5) is 36.7. The highest BCUT2D eigenvalue weighted by Crippen LogP contribution is 2.20. The van der Waals surface area contributed by atoms with Crippen molar-refractivity contribution in [2.75, 3.05) is 40.5 Å². The standard InChI is InChI=1S/C17H25N3O2.C10H14O.2CH2O/c1-19-8-3-2-4-16(19)12-22-13-17(21)20-9-6-14-10-18-7-5-15(14)11-20;1-7-5-10(11-4)6-8(2)9(7)3;2*1-2/h5,7,10,16H,2-4,6,8-9,11-13H2,1H3;5-6H,1-4H3;2*1H2. The van der Waals surface area contributed by atoms with Gasteiger partial charge in [-0.15, -0.1) is 0 Å². The van der Waals surface area contributed by atoms with E-state index in [0.29, 0.717) is 19.2 Å². The van der Waals surface area contributed by atoms with E-state index in [4.69, 9.17) is 19.1 Å². The second kappa shape index (κ2) is 17.4. The fraction of sp³-hybridized carbons (Fsp3) is 0.517. The highest BCUT2D eigenvalue weighted by atomic mass is 16.5. The number of carbonyl (C=O) groups is 3. The number of carbonyl (C=O) groups excluding carboxylic acids is 3. The van der Waals surface area contributed by atoms with E-state index in [1.807, 2.05) is 30.7 Å². The van der Waals surface area contributed by atoms with E-state index in [2.05, 4.69) is 49.8 Å². The summed E-state index contributed by atoms with van der Waals surface area (Å²) < 4.78 is 10.8. The molecule has 0 bridgehead atoms. The van der Waals surface area contributed by atoms with Crippen molar-refractivity contribution >= 4 is 19.5 Å². The lowest BCUT2D eigenvalue weighted by molar-refractivity contribution is -0.137. The molecule has 1 fully saturated rings. The smallest absolute Gasteiger partial charge is 0.248 e. The Labute approximate surface area is 222 Å². The molecular weight excluding hydrogens is 470 g/mol. The number of hydrogen-bond acceptors (Lipinski definition) is 7. The highest BCUT2D eigenvalue weighted by Gasteiger charge is 2.22. The van der Waals surface area contributed by atoms with Crippen LogP contribution < -0.4 is 4.74 Å². The number of piperidine rings is 1. The number of aryl methyl sites for hydroxylation is 2. The lowest BCUT2D eigenvalue weighted by atomic mass is 10.0. The molecule has 0 spiro atoms. The minimum atomic E-state index is 0.0981. The van der Waals surface area contributed by atoms with Gasteiger partial charge in [0.1, 0.15) is 25.9 Å². The molecule has 8 heteroatoms. The van der Waals surface area contributed by atoms with E-state index in [1.165, 1.54) is 47.1 Å². The molecule has 2 aliphatic rings. The maximum absolute atomic E-state index is 12.3. The number of benzene rings is 1. The summed E-state index contributed by atoms with van der Waals surface area (Å²) >= 11 is 0. The first-order valence-corrected chi connectivity index (χ1v) is 12.6. The summed E-state index contributed by atoms with van der Waals surface area (Å²) in [5.41, 5.74) is 6.41. The first-order chi connectivity index (χ1) is 17.9. The Morgan fingerprint density at radius 2 is 1.73 bits per heavy atom. The summed E-state index contributed by atoms with van der Waals surface area (Å²) in [5.74, 6) is 1.05. The van der Waals surface area contributed by atoms with Crippen LogP contribution in [0.4, 0.5) is 0 Å². The predicted octanol–water partition coefficient (Wildman–Crippen LogP) is 3.72. The van der Waals surface area contributed by atoms with Crippen LogP contribution >= 0.6 is 0 Å². The van der Waals surface area contributed by atoms with Crippen LogP contribution in [0.25, 0.3) is 0 Å². The van der Waals surface area contributed by atoms with Crippen LogP contribution in [0.5, 0.6) is 5.75 Å². The zero-order valence-corrected chi connectivity index (χ0v) is 23.1. The molecule has 37 heavy (non-hydrogen) atoms. The molecule has 8 nitrogen and oxygen atoms in total. The lowest BCUT2D eigenvalue weighted by Crippen LogP contribution is -2.41. The third-order valence-electron chi connectivity index (χ3n) is 6.96. The van der Waals surface area contributed by atoms with E-state index in [-0.39, 0.29) is 12.5 Å². The molecule has 0 aliphatic carbocycles. The topological polar surface area (TPSA) is 89.0 Å². The monoisotopic (exact) mass is 513 g/mol. The molecule has 2 aliphatic heterocycles. The average Bonchev–Trinajstić information content (AvgIpc) is 2.94. The van der Waals surface area contributed by atoms with Gasteiger partial charge in [-0.25, -0.2) is 0 Å². The Balaban J connectivity index is 0.000000385. The Morgan fingerprint density at radius 1 is 1.05 bits per heavy atom. The number of aromatic nitrogens is 1. The maximum atomic E-state index is 12.3. The maximum Gasteiger partial charge on any atom is 0.248 e.